The highest BCUT2D eigenvalue weighted by atomic mass is 32.2. The second-order valence-corrected chi connectivity index (χ2v) is 5.98. The summed E-state index contributed by atoms with van der Waals surface area (Å²) in [4.78, 5) is 14.3. The summed E-state index contributed by atoms with van der Waals surface area (Å²) in [6.45, 7) is 0.682. The van der Waals surface area contributed by atoms with Crippen molar-refractivity contribution in [1.82, 2.24) is 15.0 Å². The number of nitro groups is 1. The first-order chi connectivity index (χ1) is 9.97. The van der Waals surface area contributed by atoms with Gasteiger partial charge in [0, 0.05) is 25.4 Å². The molecule has 0 aliphatic carbocycles. The van der Waals surface area contributed by atoms with Gasteiger partial charge in [0.15, 0.2) is 0 Å². The van der Waals surface area contributed by atoms with E-state index in [2.05, 4.69) is 15.0 Å². The molecule has 0 amide bonds. The Morgan fingerprint density at radius 2 is 2.05 bits per heavy atom. The van der Waals surface area contributed by atoms with Crippen LogP contribution >= 0.6 is 0 Å². The Hall–Kier alpha value is -2.10. The predicted molar refractivity (Wildman–Crippen MR) is 77.5 cm³/mol. The van der Waals surface area contributed by atoms with Crippen molar-refractivity contribution in [3.63, 3.8) is 0 Å². The molecule has 1 heterocycles. The normalized spacial score (nSPS) is 11.7. The van der Waals surface area contributed by atoms with E-state index >= 15 is 0 Å². The highest BCUT2D eigenvalue weighted by Gasteiger charge is 2.22. The number of nitro benzene ring substituents is 1. The van der Waals surface area contributed by atoms with Crippen LogP contribution in [0.2, 0.25) is 0 Å². The molecular weight excluding hydrogens is 296 g/mol. The minimum atomic E-state index is -3.78. The van der Waals surface area contributed by atoms with Gasteiger partial charge in [-0.2, -0.15) is 0 Å². The number of aromatic nitrogens is 1. The van der Waals surface area contributed by atoms with Gasteiger partial charge in [-0.15, -0.1) is 0 Å². The van der Waals surface area contributed by atoms with Gasteiger partial charge in [-0.25, -0.2) is 13.1 Å². The number of pyridine rings is 1. The number of benzene rings is 1. The number of sulfonamides is 1. The largest absolute Gasteiger partial charge is 0.318 e. The first-order valence-electron chi connectivity index (χ1n) is 6.14. The standard InChI is InChI=1S/C12H14N4O4S/c1-13-7-8-15-21(19,20)11-5-4-10(16(17)18)9-3-2-6-14-12(9)11/h2-6,13,15H,7-8H2,1H3. The first-order valence-corrected chi connectivity index (χ1v) is 7.62. The molecule has 2 N–H and O–H groups in total. The highest BCUT2D eigenvalue weighted by molar-refractivity contribution is 7.89. The van der Waals surface area contributed by atoms with Crippen LogP contribution in [0.15, 0.2) is 35.4 Å². The second kappa shape index (κ2) is 6.12. The maximum atomic E-state index is 12.3. The van der Waals surface area contributed by atoms with E-state index in [-0.39, 0.29) is 28.0 Å². The van der Waals surface area contributed by atoms with Crippen LogP contribution in [0.25, 0.3) is 10.9 Å². The molecule has 0 aliphatic rings. The minimum absolute atomic E-state index is 0.0696. The fraction of sp³-hybridized carbons (Fsp3) is 0.250. The number of hydrogen-bond donors (Lipinski definition) is 2. The van der Waals surface area contributed by atoms with Crippen molar-refractivity contribution >= 4 is 26.6 Å². The van der Waals surface area contributed by atoms with Crippen molar-refractivity contribution < 1.29 is 13.3 Å². The number of likely N-dealkylation sites (N-methyl/N-ethyl adjacent to an activating group) is 1. The summed E-state index contributed by atoms with van der Waals surface area (Å²) in [7, 11) is -2.07. The fourth-order valence-corrected chi connectivity index (χ4v) is 3.09. The molecule has 2 aromatic rings. The lowest BCUT2D eigenvalue weighted by Crippen LogP contribution is -2.30. The summed E-state index contributed by atoms with van der Waals surface area (Å²) in [5.41, 5.74) is -0.0871. The highest BCUT2D eigenvalue weighted by Crippen LogP contribution is 2.28. The van der Waals surface area contributed by atoms with Crippen LogP contribution in [0.1, 0.15) is 0 Å². The van der Waals surface area contributed by atoms with E-state index in [4.69, 9.17) is 0 Å². The zero-order chi connectivity index (χ0) is 15.5. The van der Waals surface area contributed by atoms with Gasteiger partial charge in [0.25, 0.3) is 5.69 Å². The van der Waals surface area contributed by atoms with Crippen molar-refractivity contribution in [3.8, 4) is 0 Å². The lowest BCUT2D eigenvalue weighted by Gasteiger charge is -2.09. The molecule has 0 saturated carbocycles. The van der Waals surface area contributed by atoms with Crippen LogP contribution in [0.5, 0.6) is 0 Å². The summed E-state index contributed by atoms with van der Waals surface area (Å²) in [5.74, 6) is 0. The lowest BCUT2D eigenvalue weighted by atomic mass is 10.2. The van der Waals surface area contributed by atoms with Gasteiger partial charge in [0.05, 0.1) is 15.8 Å². The molecule has 112 valence electrons. The maximum absolute atomic E-state index is 12.3. The van der Waals surface area contributed by atoms with Crippen molar-refractivity contribution in [2.75, 3.05) is 20.1 Å². The molecule has 1 aromatic heterocycles. The van der Waals surface area contributed by atoms with Crippen LogP contribution in [0.4, 0.5) is 5.69 Å². The molecule has 0 aliphatic heterocycles. The third-order valence-corrected chi connectivity index (χ3v) is 4.36. The Kier molecular flexibility index (Phi) is 4.46. The average Bonchev–Trinajstić information content (AvgIpc) is 2.46. The van der Waals surface area contributed by atoms with Gasteiger partial charge in [-0.05, 0) is 25.2 Å². The molecule has 2 rings (SSSR count). The molecule has 0 bridgehead atoms. The van der Waals surface area contributed by atoms with Crippen molar-refractivity contribution in [1.29, 1.82) is 0 Å². The molecule has 0 unspecified atom stereocenters. The van der Waals surface area contributed by atoms with E-state index < -0.39 is 14.9 Å². The Balaban J connectivity index is 2.56. The molecule has 0 spiro atoms. The van der Waals surface area contributed by atoms with E-state index in [0.29, 0.717) is 6.54 Å². The fourth-order valence-electron chi connectivity index (χ4n) is 1.90. The van der Waals surface area contributed by atoms with E-state index in [1.54, 1.807) is 7.05 Å². The molecular formula is C12H14N4O4S. The summed E-state index contributed by atoms with van der Waals surface area (Å²) >= 11 is 0. The smallest absolute Gasteiger partial charge is 0.278 e. The minimum Gasteiger partial charge on any atom is -0.318 e. The van der Waals surface area contributed by atoms with Crippen molar-refractivity contribution in [3.05, 3.63) is 40.6 Å². The second-order valence-electron chi connectivity index (χ2n) is 4.24. The van der Waals surface area contributed by atoms with Gasteiger partial charge in [-0.1, -0.05) is 0 Å². The molecule has 0 radical (unpaired) electrons. The Bertz CT molecular complexity index is 776. The molecule has 9 heteroatoms. The number of fused-ring (bicyclic) bond motifs is 1. The van der Waals surface area contributed by atoms with E-state index in [1.807, 2.05) is 0 Å². The number of nitrogens with zero attached hydrogens (tertiary/aromatic N) is 2. The van der Waals surface area contributed by atoms with Crippen LogP contribution in [-0.2, 0) is 10.0 Å². The zero-order valence-corrected chi connectivity index (χ0v) is 12.1. The van der Waals surface area contributed by atoms with E-state index in [0.717, 1.165) is 0 Å². The molecule has 0 fully saturated rings. The summed E-state index contributed by atoms with van der Waals surface area (Å²) in [6, 6.07) is 5.39. The first kappa shape index (κ1) is 15.3. The van der Waals surface area contributed by atoms with Gasteiger partial charge in [0.1, 0.15) is 4.90 Å². The van der Waals surface area contributed by atoms with Crippen LogP contribution in [0, 0.1) is 10.1 Å². The number of nitrogens with one attached hydrogen (secondary N) is 2. The van der Waals surface area contributed by atoms with Gasteiger partial charge >= 0.3 is 0 Å². The number of non-ortho nitro benzene ring substituents is 1. The van der Waals surface area contributed by atoms with E-state index in [9.17, 15) is 18.5 Å². The number of hydrogen-bond acceptors (Lipinski definition) is 6. The zero-order valence-electron chi connectivity index (χ0n) is 11.2. The predicted octanol–water partition coefficient (Wildman–Crippen LogP) is 0.641. The van der Waals surface area contributed by atoms with Gasteiger partial charge in [0.2, 0.25) is 10.0 Å². The van der Waals surface area contributed by atoms with Gasteiger partial charge < -0.3 is 5.32 Å². The van der Waals surface area contributed by atoms with Crippen LogP contribution in [0.3, 0.4) is 0 Å². The van der Waals surface area contributed by atoms with Crippen molar-refractivity contribution in [2.45, 2.75) is 4.90 Å². The average molecular weight is 310 g/mol. The molecule has 8 nitrogen and oxygen atoms in total. The molecule has 21 heavy (non-hydrogen) atoms. The Morgan fingerprint density at radius 3 is 2.71 bits per heavy atom. The molecule has 0 saturated heterocycles. The SMILES string of the molecule is CNCCNS(=O)(=O)c1ccc([N+](=O)[O-])c2cccnc12. The summed E-state index contributed by atoms with van der Waals surface area (Å²) < 4.78 is 26.9. The molecule has 1 aromatic carbocycles. The van der Waals surface area contributed by atoms with Gasteiger partial charge in [-0.3, -0.25) is 15.1 Å². The Morgan fingerprint density at radius 1 is 1.29 bits per heavy atom. The van der Waals surface area contributed by atoms with Crippen molar-refractivity contribution in [2.24, 2.45) is 0 Å². The summed E-state index contributed by atoms with van der Waals surface area (Å²) in [5, 5.41) is 14.0. The maximum Gasteiger partial charge on any atom is 0.278 e. The van der Waals surface area contributed by atoms with Crippen LogP contribution < -0.4 is 10.0 Å². The monoisotopic (exact) mass is 310 g/mol. The quantitative estimate of drug-likeness (QED) is 0.460. The lowest BCUT2D eigenvalue weighted by molar-refractivity contribution is -0.383. The number of rotatable bonds is 6. The third-order valence-electron chi connectivity index (χ3n) is 2.86. The third kappa shape index (κ3) is 3.15. The van der Waals surface area contributed by atoms with E-state index in [1.165, 1.54) is 30.5 Å². The summed E-state index contributed by atoms with van der Waals surface area (Å²) in [6.07, 6.45) is 1.40. The van der Waals surface area contributed by atoms with Crippen LogP contribution in [-0.4, -0.2) is 38.5 Å². The topological polar surface area (TPSA) is 114 Å². The Labute approximate surface area is 121 Å². The molecule has 0 atom stereocenters.